The number of nitrogens with zero attached hydrogens (tertiary/aromatic N) is 6. The number of aryl methyl sites for hydroxylation is 2. The average molecular weight is 243 g/mol. The largest absolute Gasteiger partial charge is 0.346 e. The fourth-order valence-corrected chi connectivity index (χ4v) is 1.74. The Morgan fingerprint density at radius 1 is 1.33 bits per heavy atom. The van der Waals surface area contributed by atoms with Gasteiger partial charge in [0.2, 0.25) is 5.95 Å². The second-order valence-electron chi connectivity index (χ2n) is 4.08. The van der Waals surface area contributed by atoms with Gasteiger partial charge >= 0.3 is 0 Å². The van der Waals surface area contributed by atoms with E-state index in [9.17, 15) is 0 Å². The summed E-state index contributed by atoms with van der Waals surface area (Å²) in [7, 11) is 1.90. The molecule has 0 spiro atoms. The van der Waals surface area contributed by atoms with Gasteiger partial charge < -0.3 is 9.88 Å². The first-order chi connectivity index (χ1) is 8.74. The fraction of sp³-hybridized carbons (Fsp3) is 0.273. The number of hydrogen-bond acceptors (Lipinski definition) is 5. The zero-order valence-corrected chi connectivity index (χ0v) is 10.2. The Bertz CT molecular complexity index is 682. The normalized spacial score (nSPS) is 11.0. The molecule has 0 aliphatic heterocycles. The lowest BCUT2D eigenvalue weighted by atomic mass is 10.4. The highest BCUT2D eigenvalue weighted by Crippen LogP contribution is 2.08. The van der Waals surface area contributed by atoms with Crippen molar-refractivity contribution in [2.45, 2.75) is 13.5 Å². The molecule has 0 amide bonds. The minimum absolute atomic E-state index is 0.548. The quantitative estimate of drug-likeness (QED) is 0.736. The Kier molecular flexibility index (Phi) is 2.44. The molecule has 3 aromatic rings. The van der Waals surface area contributed by atoms with Crippen molar-refractivity contribution >= 4 is 11.6 Å². The van der Waals surface area contributed by atoms with Gasteiger partial charge in [-0.05, 0) is 19.1 Å². The van der Waals surface area contributed by atoms with E-state index in [4.69, 9.17) is 0 Å². The number of rotatable bonds is 3. The van der Waals surface area contributed by atoms with Crippen LogP contribution >= 0.6 is 0 Å². The highest BCUT2D eigenvalue weighted by Gasteiger charge is 2.06. The van der Waals surface area contributed by atoms with E-state index in [-0.39, 0.29) is 0 Å². The fourth-order valence-electron chi connectivity index (χ4n) is 1.74. The van der Waals surface area contributed by atoms with Crippen LogP contribution in [0.3, 0.4) is 0 Å². The first-order valence-corrected chi connectivity index (χ1v) is 5.63. The Balaban J connectivity index is 1.83. The van der Waals surface area contributed by atoms with Crippen LogP contribution in [-0.2, 0) is 13.6 Å². The Hall–Kier alpha value is -2.44. The summed E-state index contributed by atoms with van der Waals surface area (Å²) >= 11 is 0. The minimum Gasteiger partial charge on any atom is -0.346 e. The van der Waals surface area contributed by atoms with Gasteiger partial charge in [-0.2, -0.15) is 4.98 Å². The molecule has 18 heavy (non-hydrogen) atoms. The summed E-state index contributed by atoms with van der Waals surface area (Å²) in [6.07, 6.45) is 1.66. The van der Waals surface area contributed by atoms with Crippen molar-refractivity contribution in [3.8, 4) is 0 Å². The van der Waals surface area contributed by atoms with E-state index in [2.05, 4.69) is 25.6 Å². The highest BCUT2D eigenvalue weighted by atomic mass is 15.4. The van der Waals surface area contributed by atoms with Gasteiger partial charge in [-0.3, -0.25) is 0 Å². The van der Waals surface area contributed by atoms with Gasteiger partial charge in [0.1, 0.15) is 6.33 Å². The third-order valence-corrected chi connectivity index (χ3v) is 2.76. The van der Waals surface area contributed by atoms with E-state index >= 15 is 0 Å². The molecule has 0 fully saturated rings. The standard InChI is InChI=1S/C11H13N7/c1-8-4-3-5-9-14-11(16-18(8)9)12-6-10-15-13-7-17(10)2/h3-5,7H,6H2,1-2H3,(H,12,16). The van der Waals surface area contributed by atoms with E-state index in [0.717, 1.165) is 17.2 Å². The zero-order valence-electron chi connectivity index (χ0n) is 10.2. The summed E-state index contributed by atoms with van der Waals surface area (Å²) in [6, 6.07) is 5.88. The molecule has 3 heterocycles. The SMILES string of the molecule is Cc1cccc2nc(NCc3nncn3C)nn12. The topological polar surface area (TPSA) is 72.9 Å². The van der Waals surface area contributed by atoms with Gasteiger partial charge in [0, 0.05) is 12.7 Å². The average Bonchev–Trinajstić information content (AvgIpc) is 2.93. The van der Waals surface area contributed by atoms with Crippen molar-refractivity contribution in [2.24, 2.45) is 7.05 Å². The lowest BCUT2D eigenvalue weighted by Gasteiger charge is -2.00. The van der Waals surface area contributed by atoms with Gasteiger partial charge in [-0.1, -0.05) is 6.07 Å². The van der Waals surface area contributed by atoms with Gasteiger partial charge in [-0.25, -0.2) is 4.52 Å². The molecule has 0 saturated heterocycles. The molecule has 1 N–H and O–H groups in total. The van der Waals surface area contributed by atoms with E-state index in [0.29, 0.717) is 12.5 Å². The van der Waals surface area contributed by atoms with Crippen LogP contribution in [0.25, 0.3) is 5.65 Å². The molecule has 0 aromatic carbocycles. The van der Waals surface area contributed by atoms with Crippen LogP contribution in [-0.4, -0.2) is 29.4 Å². The molecule has 7 nitrogen and oxygen atoms in total. The summed E-state index contributed by atoms with van der Waals surface area (Å²) in [6.45, 7) is 2.54. The van der Waals surface area contributed by atoms with Gasteiger partial charge in [0.25, 0.3) is 0 Å². The molecule has 3 aromatic heterocycles. The monoisotopic (exact) mass is 243 g/mol. The first kappa shape index (κ1) is 10.7. The number of aromatic nitrogens is 6. The third-order valence-electron chi connectivity index (χ3n) is 2.76. The van der Waals surface area contributed by atoms with Crippen LogP contribution in [0.5, 0.6) is 0 Å². The molecule has 3 rings (SSSR count). The van der Waals surface area contributed by atoms with Gasteiger partial charge in [-0.15, -0.1) is 15.3 Å². The first-order valence-electron chi connectivity index (χ1n) is 5.63. The van der Waals surface area contributed by atoms with Crippen molar-refractivity contribution in [1.82, 2.24) is 29.4 Å². The molecule has 92 valence electrons. The van der Waals surface area contributed by atoms with Crippen LogP contribution < -0.4 is 5.32 Å². The molecule has 7 heteroatoms. The summed E-state index contributed by atoms with van der Waals surface area (Å²) < 4.78 is 3.66. The van der Waals surface area contributed by atoms with E-state index < -0.39 is 0 Å². The maximum atomic E-state index is 4.39. The van der Waals surface area contributed by atoms with Crippen LogP contribution in [0.4, 0.5) is 5.95 Å². The molecule has 0 unspecified atom stereocenters. The Labute approximate surface area is 103 Å². The summed E-state index contributed by atoms with van der Waals surface area (Å²) in [4.78, 5) is 4.39. The molecule has 0 bridgehead atoms. The smallest absolute Gasteiger partial charge is 0.243 e. The molecule has 0 atom stereocenters. The zero-order chi connectivity index (χ0) is 12.5. The van der Waals surface area contributed by atoms with Crippen molar-refractivity contribution in [3.05, 3.63) is 36.0 Å². The predicted molar refractivity (Wildman–Crippen MR) is 66.1 cm³/mol. The van der Waals surface area contributed by atoms with E-state index in [1.54, 1.807) is 10.8 Å². The molecular formula is C11H13N7. The number of nitrogens with one attached hydrogen (secondary N) is 1. The number of pyridine rings is 1. The summed E-state index contributed by atoms with van der Waals surface area (Å²) in [5, 5.41) is 15.3. The van der Waals surface area contributed by atoms with Crippen LogP contribution in [0.1, 0.15) is 11.5 Å². The number of fused-ring (bicyclic) bond motifs is 1. The number of hydrogen-bond donors (Lipinski definition) is 1. The Morgan fingerprint density at radius 3 is 2.94 bits per heavy atom. The molecule has 0 aliphatic rings. The van der Waals surface area contributed by atoms with Crippen molar-refractivity contribution in [1.29, 1.82) is 0 Å². The maximum absolute atomic E-state index is 4.39. The van der Waals surface area contributed by atoms with Crippen LogP contribution in [0.15, 0.2) is 24.5 Å². The second-order valence-corrected chi connectivity index (χ2v) is 4.08. The highest BCUT2D eigenvalue weighted by molar-refractivity contribution is 5.44. The van der Waals surface area contributed by atoms with Crippen molar-refractivity contribution in [3.63, 3.8) is 0 Å². The number of anilines is 1. The van der Waals surface area contributed by atoms with Gasteiger partial charge in [0.15, 0.2) is 11.5 Å². The van der Waals surface area contributed by atoms with Crippen molar-refractivity contribution in [2.75, 3.05) is 5.32 Å². The van der Waals surface area contributed by atoms with Gasteiger partial charge in [0.05, 0.1) is 6.54 Å². The van der Waals surface area contributed by atoms with Crippen LogP contribution in [0.2, 0.25) is 0 Å². The van der Waals surface area contributed by atoms with E-state index in [1.807, 2.05) is 36.7 Å². The predicted octanol–water partition coefficient (Wildman–Crippen LogP) is 0.778. The van der Waals surface area contributed by atoms with E-state index in [1.165, 1.54) is 0 Å². The lowest BCUT2D eigenvalue weighted by molar-refractivity contribution is 0.805. The maximum Gasteiger partial charge on any atom is 0.243 e. The molecule has 0 radical (unpaired) electrons. The minimum atomic E-state index is 0.548. The second kappa shape index (κ2) is 4.10. The molecular weight excluding hydrogens is 230 g/mol. The van der Waals surface area contributed by atoms with Crippen LogP contribution in [0, 0.1) is 6.92 Å². The summed E-state index contributed by atoms with van der Waals surface area (Å²) in [5.74, 6) is 1.43. The molecule has 0 aliphatic carbocycles. The third kappa shape index (κ3) is 1.79. The Morgan fingerprint density at radius 2 is 2.22 bits per heavy atom. The lowest BCUT2D eigenvalue weighted by Crippen LogP contribution is -2.06. The molecule has 0 saturated carbocycles. The summed E-state index contributed by atoms with van der Waals surface area (Å²) in [5.41, 5.74) is 1.88. The van der Waals surface area contributed by atoms with Crippen molar-refractivity contribution < 1.29 is 0 Å².